The summed E-state index contributed by atoms with van der Waals surface area (Å²) in [7, 11) is -1.15. The highest BCUT2D eigenvalue weighted by atomic mass is 35.5. The van der Waals surface area contributed by atoms with Crippen molar-refractivity contribution in [2.24, 2.45) is 0 Å². The van der Waals surface area contributed by atoms with Crippen molar-refractivity contribution in [3.8, 4) is 11.1 Å². The van der Waals surface area contributed by atoms with Crippen molar-refractivity contribution in [3.05, 3.63) is 82.2 Å². The third-order valence-corrected chi connectivity index (χ3v) is 7.77. The summed E-state index contributed by atoms with van der Waals surface area (Å²) in [4.78, 5) is 4.13. The molecule has 0 bridgehead atoms. The van der Waals surface area contributed by atoms with Crippen molar-refractivity contribution in [2.45, 2.75) is 32.4 Å². The van der Waals surface area contributed by atoms with E-state index in [0.29, 0.717) is 16.8 Å². The molecular formula is C26H27Cl2N3OSi. The van der Waals surface area contributed by atoms with Gasteiger partial charge >= 0.3 is 0 Å². The van der Waals surface area contributed by atoms with Gasteiger partial charge in [-0.2, -0.15) is 5.10 Å². The molecule has 0 aliphatic carbocycles. The second-order valence-corrected chi connectivity index (χ2v) is 15.6. The lowest BCUT2D eigenvalue weighted by molar-refractivity contribution is 0.0816. The van der Waals surface area contributed by atoms with Crippen LogP contribution < -0.4 is 0 Å². The molecule has 0 spiro atoms. The molecule has 4 rings (SSSR count). The number of halogens is 2. The molecule has 2 aromatic heterocycles. The standard InChI is InChI=1S/C26H27Cl2N3OSi/c1-33(2,3)16-15-32-18-31-26-17-20(19-11-13-29-14-12-19)7-8-22(26)25(30-31)10-9-21-23(27)5-4-6-24(21)28/h4-14,17H,15-16,18H2,1-3H3. The first-order valence-corrected chi connectivity index (χ1v) is 15.4. The Hall–Kier alpha value is -2.44. The number of nitrogens with zero attached hydrogens (tertiary/aromatic N) is 3. The maximum absolute atomic E-state index is 6.35. The van der Waals surface area contributed by atoms with Crippen molar-refractivity contribution in [2.75, 3.05) is 6.61 Å². The fraction of sp³-hybridized carbons (Fsp3) is 0.231. The summed E-state index contributed by atoms with van der Waals surface area (Å²) in [5.74, 6) is 0. The Morgan fingerprint density at radius 1 is 0.939 bits per heavy atom. The SMILES string of the molecule is C[Si](C)(C)CCOCn1nc(C=Cc2c(Cl)cccc2Cl)c2ccc(-c3ccncc3)cc21. The van der Waals surface area contributed by atoms with E-state index in [1.165, 1.54) is 0 Å². The van der Waals surface area contributed by atoms with Crippen LogP contribution in [0.25, 0.3) is 34.2 Å². The maximum Gasteiger partial charge on any atom is 0.140 e. The lowest BCUT2D eigenvalue weighted by atomic mass is 10.0. The zero-order valence-corrected chi connectivity index (χ0v) is 21.6. The van der Waals surface area contributed by atoms with Gasteiger partial charge in [0.25, 0.3) is 0 Å². The summed E-state index contributed by atoms with van der Waals surface area (Å²) in [6.07, 6.45) is 7.48. The third kappa shape index (κ3) is 5.92. The van der Waals surface area contributed by atoms with Crippen LogP contribution in [0.5, 0.6) is 0 Å². The van der Waals surface area contributed by atoms with E-state index in [9.17, 15) is 0 Å². The van der Waals surface area contributed by atoms with Crippen molar-refractivity contribution < 1.29 is 4.74 Å². The zero-order chi connectivity index (χ0) is 23.4. The van der Waals surface area contributed by atoms with Gasteiger partial charge in [0.2, 0.25) is 0 Å². The van der Waals surface area contributed by atoms with Crippen LogP contribution >= 0.6 is 23.2 Å². The monoisotopic (exact) mass is 495 g/mol. The fourth-order valence-corrected chi connectivity index (χ4v) is 4.79. The van der Waals surface area contributed by atoms with Crippen LogP contribution in [-0.2, 0) is 11.5 Å². The van der Waals surface area contributed by atoms with Crippen LogP contribution in [0.3, 0.4) is 0 Å². The number of hydrogen-bond donors (Lipinski definition) is 0. The Labute approximate surface area is 205 Å². The molecule has 0 amide bonds. The fourth-order valence-electron chi connectivity index (χ4n) is 3.51. The molecule has 4 nitrogen and oxygen atoms in total. The van der Waals surface area contributed by atoms with Gasteiger partial charge in [-0.3, -0.25) is 4.98 Å². The number of rotatable bonds is 8. The number of benzene rings is 2. The Morgan fingerprint density at radius 3 is 2.36 bits per heavy atom. The van der Waals surface area contributed by atoms with Crippen LogP contribution in [0, 0.1) is 0 Å². The first kappa shape index (κ1) is 23.7. The minimum Gasteiger partial charge on any atom is -0.360 e. The number of fused-ring (bicyclic) bond motifs is 1. The molecular weight excluding hydrogens is 469 g/mol. The second-order valence-electron chi connectivity index (χ2n) is 9.17. The molecule has 0 unspecified atom stereocenters. The smallest absolute Gasteiger partial charge is 0.140 e. The van der Waals surface area contributed by atoms with Gasteiger partial charge in [-0.1, -0.05) is 55.0 Å². The van der Waals surface area contributed by atoms with E-state index in [4.69, 9.17) is 33.0 Å². The lowest BCUT2D eigenvalue weighted by Gasteiger charge is -2.15. The normalized spacial score (nSPS) is 12.2. The number of ether oxygens (including phenoxy) is 1. The van der Waals surface area contributed by atoms with E-state index in [-0.39, 0.29) is 0 Å². The molecule has 7 heteroatoms. The summed E-state index contributed by atoms with van der Waals surface area (Å²) in [5.41, 5.74) is 4.86. The highest BCUT2D eigenvalue weighted by molar-refractivity contribution is 6.76. The van der Waals surface area contributed by atoms with Crippen LogP contribution in [0.1, 0.15) is 11.3 Å². The van der Waals surface area contributed by atoms with Gasteiger partial charge in [-0.25, -0.2) is 4.68 Å². The van der Waals surface area contributed by atoms with E-state index in [1.54, 1.807) is 12.4 Å². The van der Waals surface area contributed by atoms with Gasteiger partial charge in [0.1, 0.15) is 6.73 Å². The highest BCUT2D eigenvalue weighted by Crippen LogP contribution is 2.30. The Balaban J connectivity index is 1.70. The summed E-state index contributed by atoms with van der Waals surface area (Å²) in [6.45, 7) is 8.19. The molecule has 0 aliphatic rings. The van der Waals surface area contributed by atoms with Crippen molar-refractivity contribution in [3.63, 3.8) is 0 Å². The summed E-state index contributed by atoms with van der Waals surface area (Å²) >= 11 is 12.7. The van der Waals surface area contributed by atoms with Gasteiger partial charge in [0.05, 0.1) is 11.2 Å². The van der Waals surface area contributed by atoms with Crippen LogP contribution in [0.15, 0.2) is 60.9 Å². The predicted molar refractivity (Wildman–Crippen MR) is 142 cm³/mol. The third-order valence-electron chi connectivity index (χ3n) is 5.41. The Kier molecular flexibility index (Phi) is 7.34. The van der Waals surface area contributed by atoms with Gasteiger partial charge in [-0.05, 0) is 65.7 Å². The molecule has 2 heterocycles. The van der Waals surface area contributed by atoms with E-state index >= 15 is 0 Å². The first-order valence-electron chi connectivity index (χ1n) is 10.9. The molecule has 0 saturated heterocycles. The van der Waals surface area contributed by atoms with Crippen molar-refractivity contribution in [1.82, 2.24) is 14.8 Å². The molecule has 33 heavy (non-hydrogen) atoms. The molecule has 170 valence electrons. The molecule has 4 aromatic rings. The number of aromatic nitrogens is 3. The molecule has 0 N–H and O–H groups in total. The summed E-state index contributed by atoms with van der Waals surface area (Å²) in [5, 5.41) is 7.11. The largest absolute Gasteiger partial charge is 0.360 e. The Bertz CT molecular complexity index is 1260. The zero-order valence-electron chi connectivity index (χ0n) is 19.1. The molecule has 0 saturated carbocycles. The highest BCUT2D eigenvalue weighted by Gasteiger charge is 2.14. The summed E-state index contributed by atoms with van der Waals surface area (Å²) in [6, 6.07) is 17.0. The van der Waals surface area contributed by atoms with Crippen LogP contribution in [0.2, 0.25) is 35.7 Å². The van der Waals surface area contributed by atoms with Crippen molar-refractivity contribution in [1.29, 1.82) is 0 Å². The molecule has 0 fully saturated rings. The molecule has 2 aromatic carbocycles. The maximum atomic E-state index is 6.35. The van der Waals surface area contributed by atoms with E-state index in [2.05, 4.69) is 42.8 Å². The van der Waals surface area contributed by atoms with E-state index in [0.717, 1.165) is 45.9 Å². The Morgan fingerprint density at radius 2 is 1.67 bits per heavy atom. The van der Waals surface area contributed by atoms with Gasteiger partial charge in [0, 0.05) is 48.1 Å². The number of hydrogen-bond acceptors (Lipinski definition) is 3. The topological polar surface area (TPSA) is 39.9 Å². The van der Waals surface area contributed by atoms with Crippen molar-refractivity contribution >= 4 is 54.3 Å². The van der Waals surface area contributed by atoms with Crippen LogP contribution in [0.4, 0.5) is 0 Å². The van der Waals surface area contributed by atoms with Crippen LogP contribution in [-0.4, -0.2) is 29.4 Å². The lowest BCUT2D eigenvalue weighted by Crippen LogP contribution is -2.22. The number of pyridine rings is 1. The van der Waals surface area contributed by atoms with Gasteiger partial charge in [-0.15, -0.1) is 0 Å². The second kappa shape index (κ2) is 10.2. The van der Waals surface area contributed by atoms with Gasteiger partial charge < -0.3 is 4.74 Å². The van der Waals surface area contributed by atoms with E-state index in [1.807, 2.05) is 47.2 Å². The predicted octanol–water partition coefficient (Wildman–Crippen LogP) is 7.89. The van der Waals surface area contributed by atoms with Gasteiger partial charge in [0.15, 0.2) is 0 Å². The minimum atomic E-state index is -1.15. The average Bonchev–Trinajstić information content (AvgIpc) is 3.13. The minimum absolute atomic E-state index is 0.404. The molecule has 0 atom stereocenters. The summed E-state index contributed by atoms with van der Waals surface area (Å²) < 4.78 is 7.95. The molecule has 0 aliphatic heterocycles. The first-order chi connectivity index (χ1) is 15.8. The quantitative estimate of drug-likeness (QED) is 0.184. The average molecular weight is 497 g/mol. The molecule has 0 radical (unpaired) electrons. The van der Waals surface area contributed by atoms with E-state index < -0.39 is 8.07 Å².